The Kier molecular flexibility index (Phi) is 4.23. The third kappa shape index (κ3) is 3.03. The summed E-state index contributed by atoms with van der Waals surface area (Å²) in [6.45, 7) is 1.29. The van der Waals surface area contributed by atoms with Gasteiger partial charge in [-0.25, -0.2) is 4.98 Å². The highest BCUT2D eigenvalue weighted by molar-refractivity contribution is 9.10. The van der Waals surface area contributed by atoms with Crippen LogP contribution in [0.25, 0.3) is 22.2 Å². The second-order valence-electron chi connectivity index (χ2n) is 6.23. The van der Waals surface area contributed by atoms with Crippen molar-refractivity contribution in [2.75, 3.05) is 13.1 Å². The van der Waals surface area contributed by atoms with Gasteiger partial charge in [0.1, 0.15) is 0 Å². The van der Waals surface area contributed by atoms with Crippen molar-refractivity contribution in [3.63, 3.8) is 0 Å². The number of para-hydroxylation sites is 1. The molecule has 4 rings (SSSR count). The Bertz CT molecular complexity index is 945. The van der Waals surface area contributed by atoms with Gasteiger partial charge in [0.15, 0.2) is 0 Å². The topological polar surface area (TPSA) is 72.1 Å². The smallest absolute Gasteiger partial charge is 0.254 e. The second kappa shape index (κ2) is 6.54. The van der Waals surface area contributed by atoms with Gasteiger partial charge in [-0.3, -0.25) is 9.78 Å². The molecule has 5 nitrogen and oxygen atoms in total. The number of benzene rings is 1. The van der Waals surface area contributed by atoms with E-state index in [0.29, 0.717) is 18.7 Å². The Morgan fingerprint density at radius 3 is 2.88 bits per heavy atom. The molecular weight excluding hydrogens is 380 g/mol. The monoisotopic (exact) mass is 396 g/mol. The highest BCUT2D eigenvalue weighted by Crippen LogP contribution is 2.30. The molecule has 1 aliphatic heterocycles. The van der Waals surface area contributed by atoms with E-state index in [-0.39, 0.29) is 11.9 Å². The molecule has 1 amide bonds. The molecule has 2 N–H and O–H groups in total. The van der Waals surface area contributed by atoms with Crippen LogP contribution in [0, 0.1) is 0 Å². The van der Waals surface area contributed by atoms with Gasteiger partial charge in [0.25, 0.3) is 5.91 Å². The van der Waals surface area contributed by atoms with Crippen molar-refractivity contribution in [1.29, 1.82) is 0 Å². The average molecular weight is 397 g/mol. The van der Waals surface area contributed by atoms with Crippen LogP contribution < -0.4 is 5.73 Å². The zero-order valence-electron chi connectivity index (χ0n) is 13.5. The number of pyridine rings is 2. The number of rotatable bonds is 2. The maximum absolute atomic E-state index is 13.1. The molecule has 2 aromatic heterocycles. The van der Waals surface area contributed by atoms with Crippen molar-refractivity contribution < 1.29 is 4.79 Å². The van der Waals surface area contributed by atoms with E-state index in [9.17, 15) is 4.79 Å². The lowest BCUT2D eigenvalue weighted by Gasteiger charge is -2.18. The maximum Gasteiger partial charge on any atom is 0.254 e. The second-order valence-corrected chi connectivity index (χ2v) is 7.09. The fourth-order valence-electron chi connectivity index (χ4n) is 3.19. The van der Waals surface area contributed by atoms with E-state index in [4.69, 9.17) is 10.7 Å². The lowest BCUT2D eigenvalue weighted by atomic mass is 10.0. The Hall–Kier alpha value is -2.31. The lowest BCUT2D eigenvalue weighted by molar-refractivity contribution is 0.0793. The Morgan fingerprint density at radius 2 is 2.16 bits per heavy atom. The molecule has 0 saturated carbocycles. The standard InChI is InChI=1S/C19H17BrN4O/c20-16-5-1-4-14-15(19(25)24-8-6-13(21)11-24)9-17(23-18(14)16)12-3-2-7-22-10-12/h1-5,7,9-10,13H,6,8,11,21H2. The van der Waals surface area contributed by atoms with E-state index < -0.39 is 0 Å². The number of nitrogens with two attached hydrogens (primary N) is 1. The van der Waals surface area contributed by atoms with Crippen molar-refractivity contribution in [2.45, 2.75) is 12.5 Å². The van der Waals surface area contributed by atoms with Gasteiger partial charge < -0.3 is 10.6 Å². The third-order valence-corrected chi connectivity index (χ3v) is 5.13. The Morgan fingerprint density at radius 1 is 1.28 bits per heavy atom. The van der Waals surface area contributed by atoms with Crippen LogP contribution in [0.1, 0.15) is 16.8 Å². The van der Waals surface area contributed by atoms with Gasteiger partial charge in [-0.2, -0.15) is 0 Å². The van der Waals surface area contributed by atoms with Crippen molar-refractivity contribution >= 4 is 32.7 Å². The number of carbonyl (C=O) groups is 1. The van der Waals surface area contributed by atoms with E-state index in [0.717, 1.165) is 33.1 Å². The molecule has 0 aliphatic carbocycles. The summed E-state index contributed by atoms with van der Waals surface area (Å²) in [4.78, 5) is 23.8. The summed E-state index contributed by atoms with van der Waals surface area (Å²) in [6, 6.07) is 11.5. The van der Waals surface area contributed by atoms with Crippen LogP contribution in [0.15, 0.2) is 53.3 Å². The number of halogens is 1. The molecule has 1 unspecified atom stereocenters. The lowest BCUT2D eigenvalue weighted by Crippen LogP contribution is -2.32. The first-order valence-corrected chi connectivity index (χ1v) is 8.97. The van der Waals surface area contributed by atoms with Gasteiger partial charge in [0.05, 0.1) is 16.8 Å². The van der Waals surface area contributed by atoms with E-state index in [2.05, 4.69) is 20.9 Å². The summed E-state index contributed by atoms with van der Waals surface area (Å²) in [5, 5.41) is 0.840. The minimum atomic E-state index is 0.00332. The molecular formula is C19H17BrN4O. The number of fused-ring (bicyclic) bond motifs is 1. The molecule has 3 heterocycles. The molecule has 3 aromatic rings. The molecule has 1 atom stereocenters. The fraction of sp³-hybridized carbons (Fsp3) is 0.211. The van der Waals surface area contributed by atoms with E-state index >= 15 is 0 Å². The molecule has 1 aromatic carbocycles. The molecule has 1 saturated heterocycles. The van der Waals surface area contributed by atoms with E-state index in [1.807, 2.05) is 41.3 Å². The number of hydrogen-bond donors (Lipinski definition) is 1. The zero-order valence-corrected chi connectivity index (χ0v) is 15.1. The summed E-state index contributed by atoms with van der Waals surface area (Å²) >= 11 is 3.56. The fourth-order valence-corrected chi connectivity index (χ4v) is 3.65. The first kappa shape index (κ1) is 16.2. The summed E-state index contributed by atoms with van der Waals surface area (Å²) in [7, 11) is 0. The molecule has 25 heavy (non-hydrogen) atoms. The van der Waals surface area contributed by atoms with Crippen LogP contribution in [0.3, 0.4) is 0 Å². The van der Waals surface area contributed by atoms with Crippen LogP contribution in [0.5, 0.6) is 0 Å². The van der Waals surface area contributed by atoms with Crippen LogP contribution in [0.2, 0.25) is 0 Å². The van der Waals surface area contributed by atoms with Gasteiger partial charge >= 0.3 is 0 Å². The molecule has 0 bridgehead atoms. The normalized spacial score (nSPS) is 17.2. The Labute approximate surface area is 154 Å². The molecule has 0 radical (unpaired) electrons. The van der Waals surface area contributed by atoms with Gasteiger partial charge in [0.2, 0.25) is 0 Å². The molecule has 1 fully saturated rings. The van der Waals surface area contributed by atoms with Gasteiger partial charge in [-0.05, 0) is 46.6 Å². The van der Waals surface area contributed by atoms with Gasteiger partial charge in [-0.1, -0.05) is 12.1 Å². The number of carbonyl (C=O) groups excluding carboxylic acids is 1. The maximum atomic E-state index is 13.1. The highest BCUT2D eigenvalue weighted by Gasteiger charge is 2.26. The minimum Gasteiger partial charge on any atom is -0.337 e. The van der Waals surface area contributed by atoms with Gasteiger partial charge in [-0.15, -0.1) is 0 Å². The Balaban J connectivity index is 1.90. The van der Waals surface area contributed by atoms with E-state index in [1.165, 1.54) is 0 Å². The van der Waals surface area contributed by atoms with Crippen molar-refractivity contribution in [3.05, 3.63) is 58.8 Å². The number of likely N-dealkylation sites (tertiary alicyclic amines) is 1. The first-order chi connectivity index (χ1) is 12.1. The van der Waals surface area contributed by atoms with Crippen molar-refractivity contribution in [3.8, 4) is 11.3 Å². The van der Waals surface area contributed by atoms with Crippen molar-refractivity contribution in [2.24, 2.45) is 5.73 Å². The zero-order chi connectivity index (χ0) is 17.4. The predicted molar refractivity (Wildman–Crippen MR) is 101 cm³/mol. The largest absolute Gasteiger partial charge is 0.337 e. The molecule has 0 spiro atoms. The van der Waals surface area contributed by atoms with Gasteiger partial charge in [0, 0.05) is 46.9 Å². The summed E-state index contributed by atoms with van der Waals surface area (Å²) in [5.41, 5.74) is 9.02. The minimum absolute atomic E-state index is 0.00332. The molecule has 1 aliphatic rings. The van der Waals surface area contributed by atoms with Crippen LogP contribution in [0.4, 0.5) is 0 Å². The molecule has 6 heteroatoms. The van der Waals surface area contributed by atoms with E-state index in [1.54, 1.807) is 12.4 Å². The van der Waals surface area contributed by atoms with Crippen LogP contribution in [-0.2, 0) is 0 Å². The van der Waals surface area contributed by atoms with Crippen LogP contribution >= 0.6 is 15.9 Å². The summed E-state index contributed by atoms with van der Waals surface area (Å²) in [6.07, 6.45) is 4.32. The molecule has 126 valence electrons. The van der Waals surface area contributed by atoms with Crippen LogP contribution in [-0.4, -0.2) is 39.9 Å². The summed E-state index contributed by atoms with van der Waals surface area (Å²) < 4.78 is 0.864. The number of amides is 1. The third-order valence-electron chi connectivity index (χ3n) is 4.49. The quantitative estimate of drug-likeness (QED) is 0.721. The number of nitrogens with zero attached hydrogens (tertiary/aromatic N) is 3. The number of hydrogen-bond acceptors (Lipinski definition) is 4. The summed E-state index contributed by atoms with van der Waals surface area (Å²) in [5.74, 6) is 0.00332. The first-order valence-electron chi connectivity index (χ1n) is 8.18. The SMILES string of the molecule is NC1CCN(C(=O)c2cc(-c3cccnc3)nc3c(Br)cccc23)C1. The number of aromatic nitrogens is 2. The average Bonchev–Trinajstić information content (AvgIpc) is 3.08. The van der Waals surface area contributed by atoms with Crippen molar-refractivity contribution in [1.82, 2.24) is 14.9 Å². The predicted octanol–water partition coefficient (Wildman–Crippen LogP) is 3.23. The highest BCUT2D eigenvalue weighted by atomic mass is 79.9.